The third-order valence-electron chi connectivity index (χ3n) is 3.70. The Balaban J connectivity index is 1.40. The second kappa shape index (κ2) is 7.42. The normalized spacial score (nSPS) is 15.8. The lowest BCUT2D eigenvalue weighted by Crippen LogP contribution is -2.48. The summed E-state index contributed by atoms with van der Waals surface area (Å²) in [5.41, 5.74) is 0. The minimum Gasteiger partial charge on any atom is -0.492 e. The highest BCUT2D eigenvalue weighted by Gasteiger charge is 2.18. The zero-order valence-electron chi connectivity index (χ0n) is 12.4. The van der Waals surface area contributed by atoms with E-state index in [2.05, 4.69) is 19.8 Å². The Hall–Kier alpha value is -1.85. The third-order valence-corrected chi connectivity index (χ3v) is 3.95. The van der Waals surface area contributed by atoms with Crippen LogP contribution in [0.1, 0.15) is 0 Å². The zero-order chi connectivity index (χ0) is 15.2. The minimum atomic E-state index is 0.684. The van der Waals surface area contributed by atoms with E-state index >= 15 is 0 Å². The van der Waals surface area contributed by atoms with Gasteiger partial charge in [0.1, 0.15) is 12.4 Å². The smallest absolute Gasteiger partial charge is 0.225 e. The van der Waals surface area contributed by atoms with E-state index in [0.717, 1.165) is 49.4 Å². The molecule has 0 unspecified atom stereocenters. The van der Waals surface area contributed by atoms with Gasteiger partial charge in [0.25, 0.3) is 0 Å². The number of benzene rings is 1. The van der Waals surface area contributed by atoms with Gasteiger partial charge in [-0.3, -0.25) is 4.90 Å². The number of halogens is 1. The number of hydrogen-bond acceptors (Lipinski definition) is 5. The van der Waals surface area contributed by atoms with Crippen molar-refractivity contribution >= 4 is 17.5 Å². The monoisotopic (exact) mass is 318 g/mol. The molecular formula is C16H19ClN4O. The number of aromatic nitrogens is 2. The lowest BCUT2D eigenvalue weighted by Gasteiger charge is -2.34. The summed E-state index contributed by atoms with van der Waals surface area (Å²) in [4.78, 5) is 13.2. The van der Waals surface area contributed by atoms with Crippen LogP contribution >= 0.6 is 11.6 Å². The Morgan fingerprint density at radius 1 is 1.00 bits per heavy atom. The van der Waals surface area contributed by atoms with Gasteiger partial charge < -0.3 is 9.64 Å². The molecule has 2 heterocycles. The molecular weight excluding hydrogens is 300 g/mol. The first-order valence-electron chi connectivity index (χ1n) is 7.44. The van der Waals surface area contributed by atoms with Crippen molar-refractivity contribution in [3.63, 3.8) is 0 Å². The maximum atomic E-state index is 5.85. The van der Waals surface area contributed by atoms with Gasteiger partial charge >= 0.3 is 0 Å². The van der Waals surface area contributed by atoms with Gasteiger partial charge in [-0.05, 0) is 30.3 Å². The van der Waals surface area contributed by atoms with Gasteiger partial charge in [0, 0.05) is 50.1 Å². The molecule has 1 fully saturated rings. The SMILES string of the molecule is Clc1ccc(OCCN2CCN(c3ncccn3)CC2)cc1. The summed E-state index contributed by atoms with van der Waals surface area (Å²) in [7, 11) is 0. The predicted molar refractivity (Wildman–Crippen MR) is 87.6 cm³/mol. The summed E-state index contributed by atoms with van der Waals surface area (Å²) in [5.74, 6) is 1.68. The van der Waals surface area contributed by atoms with Crippen LogP contribution in [0.4, 0.5) is 5.95 Å². The van der Waals surface area contributed by atoms with E-state index in [1.807, 2.05) is 30.3 Å². The molecule has 1 aromatic heterocycles. The molecule has 1 aromatic carbocycles. The van der Waals surface area contributed by atoms with Crippen molar-refractivity contribution in [2.45, 2.75) is 0 Å². The van der Waals surface area contributed by atoms with Crippen molar-refractivity contribution in [1.29, 1.82) is 0 Å². The molecule has 6 heteroatoms. The number of rotatable bonds is 5. The van der Waals surface area contributed by atoms with E-state index in [4.69, 9.17) is 16.3 Å². The quantitative estimate of drug-likeness (QED) is 0.846. The lowest BCUT2D eigenvalue weighted by molar-refractivity contribution is 0.200. The van der Waals surface area contributed by atoms with Crippen LogP contribution in [0.3, 0.4) is 0 Å². The largest absolute Gasteiger partial charge is 0.492 e. The molecule has 0 atom stereocenters. The first kappa shape index (κ1) is 15.1. The zero-order valence-corrected chi connectivity index (χ0v) is 13.1. The summed E-state index contributed by atoms with van der Waals surface area (Å²) in [6.07, 6.45) is 3.57. The van der Waals surface area contributed by atoms with Gasteiger partial charge in [-0.1, -0.05) is 11.6 Å². The number of nitrogens with zero attached hydrogens (tertiary/aromatic N) is 4. The molecule has 2 aromatic rings. The minimum absolute atomic E-state index is 0.684. The molecule has 116 valence electrons. The topological polar surface area (TPSA) is 41.5 Å². The van der Waals surface area contributed by atoms with Crippen LogP contribution in [-0.2, 0) is 0 Å². The molecule has 0 aliphatic carbocycles. The average Bonchev–Trinajstić information content (AvgIpc) is 2.58. The second-order valence-electron chi connectivity index (χ2n) is 5.18. The summed E-state index contributed by atoms with van der Waals surface area (Å²) in [5, 5.41) is 0.728. The van der Waals surface area contributed by atoms with Gasteiger partial charge in [0.2, 0.25) is 5.95 Å². The van der Waals surface area contributed by atoms with Gasteiger partial charge in [-0.2, -0.15) is 0 Å². The first-order chi connectivity index (χ1) is 10.8. The summed E-state index contributed by atoms with van der Waals surface area (Å²) in [6.45, 7) is 5.51. The van der Waals surface area contributed by atoms with Gasteiger partial charge in [-0.25, -0.2) is 9.97 Å². The summed E-state index contributed by atoms with van der Waals surface area (Å²) in [6, 6.07) is 9.32. The Kier molecular flexibility index (Phi) is 5.08. The van der Waals surface area contributed by atoms with Crippen molar-refractivity contribution in [3.05, 3.63) is 47.7 Å². The summed E-state index contributed by atoms with van der Waals surface area (Å²) < 4.78 is 5.74. The van der Waals surface area contributed by atoms with Crippen LogP contribution in [0.5, 0.6) is 5.75 Å². The molecule has 1 aliphatic rings. The molecule has 0 N–H and O–H groups in total. The van der Waals surface area contributed by atoms with Crippen LogP contribution in [0.15, 0.2) is 42.7 Å². The highest BCUT2D eigenvalue weighted by atomic mass is 35.5. The average molecular weight is 319 g/mol. The lowest BCUT2D eigenvalue weighted by atomic mass is 10.3. The van der Waals surface area contributed by atoms with Crippen molar-refractivity contribution in [2.75, 3.05) is 44.2 Å². The van der Waals surface area contributed by atoms with Crippen molar-refractivity contribution in [3.8, 4) is 5.75 Å². The van der Waals surface area contributed by atoms with Crippen LogP contribution < -0.4 is 9.64 Å². The highest BCUT2D eigenvalue weighted by Crippen LogP contribution is 2.15. The standard InChI is InChI=1S/C16H19ClN4O/c17-14-2-4-15(5-3-14)22-13-12-20-8-10-21(11-9-20)16-18-6-1-7-19-16/h1-7H,8-13H2. The van der Waals surface area contributed by atoms with E-state index in [9.17, 15) is 0 Å². The second-order valence-corrected chi connectivity index (χ2v) is 5.62. The first-order valence-corrected chi connectivity index (χ1v) is 7.82. The molecule has 0 radical (unpaired) electrons. The third kappa shape index (κ3) is 4.08. The van der Waals surface area contributed by atoms with Crippen molar-refractivity contribution in [2.24, 2.45) is 0 Å². The molecule has 0 bridgehead atoms. The highest BCUT2D eigenvalue weighted by molar-refractivity contribution is 6.30. The number of piperazine rings is 1. The Morgan fingerprint density at radius 2 is 1.68 bits per heavy atom. The van der Waals surface area contributed by atoms with E-state index < -0.39 is 0 Å². The van der Waals surface area contributed by atoms with Crippen molar-refractivity contribution in [1.82, 2.24) is 14.9 Å². The number of anilines is 1. The number of hydrogen-bond donors (Lipinski definition) is 0. The van der Waals surface area contributed by atoms with E-state index in [1.165, 1.54) is 0 Å². The molecule has 0 saturated carbocycles. The fraction of sp³-hybridized carbons (Fsp3) is 0.375. The van der Waals surface area contributed by atoms with Gasteiger partial charge in [-0.15, -0.1) is 0 Å². The maximum Gasteiger partial charge on any atom is 0.225 e. The molecule has 0 amide bonds. The van der Waals surface area contributed by atoms with Crippen LogP contribution in [0, 0.1) is 0 Å². The van der Waals surface area contributed by atoms with Crippen LogP contribution in [0.2, 0.25) is 5.02 Å². The fourth-order valence-corrected chi connectivity index (χ4v) is 2.58. The molecule has 1 saturated heterocycles. The van der Waals surface area contributed by atoms with Crippen molar-refractivity contribution < 1.29 is 4.74 Å². The predicted octanol–water partition coefficient (Wildman–Crippen LogP) is 2.33. The number of ether oxygens (including phenoxy) is 1. The maximum absolute atomic E-state index is 5.85. The van der Waals surface area contributed by atoms with Gasteiger partial charge in [0.15, 0.2) is 0 Å². The fourth-order valence-electron chi connectivity index (χ4n) is 2.45. The molecule has 3 rings (SSSR count). The van der Waals surface area contributed by atoms with Gasteiger partial charge in [0.05, 0.1) is 0 Å². The molecule has 22 heavy (non-hydrogen) atoms. The van der Waals surface area contributed by atoms with E-state index in [1.54, 1.807) is 12.4 Å². The molecule has 0 spiro atoms. The van der Waals surface area contributed by atoms with Crippen LogP contribution in [0.25, 0.3) is 0 Å². The van der Waals surface area contributed by atoms with E-state index in [-0.39, 0.29) is 0 Å². The molecule has 1 aliphatic heterocycles. The Morgan fingerprint density at radius 3 is 2.36 bits per heavy atom. The Bertz CT molecular complexity index is 570. The van der Waals surface area contributed by atoms with E-state index in [0.29, 0.717) is 6.61 Å². The molecule has 5 nitrogen and oxygen atoms in total. The van der Waals surface area contributed by atoms with Crippen LogP contribution in [-0.4, -0.2) is 54.2 Å². The summed E-state index contributed by atoms with van der Waals surface area (Å²) >= 11 is 5.85. The Labute approximate surface area is 135 Å².